The number of non-ortho nitro benzene ring substituents is 1. The minimum atomic E-state index is -5.60. The summed E-state index contributed by atoms with van der Waals surface area (Å²) in [6.07, 6.45) is 0. The van der Waals surface area contributed by atoms with Crippen molar-refractivity contribution >= 4 is 119 Å². The number of ether oxygens (including phenoxy) is 2. The first-order valence-corrected chi connectivity index (χ1v) is 27.8. The molecule has 0 aliphatic heterocycles. The summed E-state index contributed by atoms with van der Waals surface area (Å²) in [5.41, 5.74) is 2.60. The van der Waals surface area contributed by atoms with Crippen LogP contribution in [0.3, 0.4) is 0 Å². The van der Waals surface area contributed by atoms with Crippen molar-refractivity contribution in [2.45, 2.75) is 26.5 Å². The number of nitrogens with zero attached hydrogens (tertiary/aromatic N) is 7. The number of aromatic hydroxyl groups is 2. The van der Waals surface area contributed by atoms with Crippen LogP contribution in [-0.2, 0) is 40.4 Å². The Morgan fingerprint density at radius 2 is 1.13 bits per heavy atom. The van der Waals surface area contributed by atoms with Gasteiger partial charge >= 0.3 is 88.7 Å². The number of hydrogen-bond acceptors (Lipinski definition) is 25. The molecule has 0 heterocycles. The molecule has 0 aliphatic rings. The third-order valence-corrected chi connectivity index (χ3v) is 15.6. The third-order valence-electron chi connectivity index (χ3n) is 11.6. The molecule has 0 spiro atoms. The third kappa shape index (κ3) is 14.5. The van der Waals surface area contributed by atoms with Gasteiger partial charge in [-0.2, -0.15) is 8.42 Å². The first-order chi connectivity index (χ1) is 37.5. The number of carboxylic acid groups (broad SMARTS) is 1. The topological polar surface area (TPSA) is 457 Å². The zero-order valence-corrected chi connectivity index (χ0v) is 53.0. The summed E-state index contributed by atoms with van der Waals surface area (Å²) in [6, 6.07) is 21.5. The van der Waals surface area contributed by atoms with E-state index >= 15 is 0 Å². The monoisotopic (exact) mass is 1240 g/mol. The molecular weight excluding hydrogens is 1200 g/mol. The number of carbonyl (C=O) groups is 1. The van der Waals surface area contributed by atoms with E-state index < -0.39 is 122 Å². The molecule has 8 rings (SSSR count). The molecule has 35 heteroatoms. The number of carboxylic acids is 1. The number of methoxy groups -OCH3 is 2. The molecule has 0 aromatic heterocycles. The number of phenols is 2. The van der Waals surface area contributed by atoms with E-state index in [-0.39, 0.29) is 139 Å². The zero-order valence-electron chi connectivity index (χ0n) is 43.7. The van der Waals surface area contributed by atoms with E-state index in [0.717, 1.165) is 18.2 Å². The van der Waals surface area contributed by atoms with Gasteiger partial charge in [0.25, 0.3) is 25.8 Å². The molecule has 6 N–H and O–H groups in total. The molecule has 0 fully saturated rings. The number of sulfonamides is 1. The molecule has 412 valence electrons. The number of fused-ring (bicyclic) bond motifs is 2. The van der Waals surface area contributed by atoms with Crippen LogP contribution in [0.1, 0.15) is 15.9 Å². The number of hydrogen-bond donors (Lipinski definition) is 5. The van der Waals surface area contributed by atoms with E-state index in [1.54, 1.807) is 6.92 Å². The van der Waals surface area contributed by atoms with Gasteiger partial charge < -0.3 is 44.4 Å². The standard InChI is InChI=1S/C48H37N9O19S4.3Na/c1-23-4-9-28(10-5-23)77(64,65)56-37-21-29(78(66,67)68)16-26-19-40(79(69,70)71)45(47(59)42(26)37)55-52-36-14-7-25(18-39(36)76-3)24-6-13-35(38(17-24)75-2)51-54-44-41(80(72,73)74)22-31-30(46(44)58)11-12-33(49)43(31)53-50-34-15-8-27(57(62)63)20-32(34)48(60)61;;;/h4-22,56,58-59H,49H2,1-3H3,(H,60,61)(H,66,67,68)(H,69,70,71)(H,72,73,74);;;/q;3*+1/p-3. The maximum absolute atomic E-state index is 13.5. The molecule has 28 nitrogen and oxygen atoms in total. The fraction of sp³-hybridized carbons (Fsp3) is 0.0625. The second-order valence-corrected chi connectivity index (χ2v) is 22.5. The van der Waals surface area contributed by atoms with Crippen molar-refractivity contribution in [1.82, 2.24) is 0 Å². The summed E-state index contributed by atoms with van der Waals surface area (Å²) >= 11 is 0. The Kier molecular flexibility index (Phi) is 21.2. The second kappa shape index (κ2) is 26.1. The van der Waals surface area contributed by atoms with Gasteiger partial charge in [-0.05, 0) is 102 Å². The van der Waals surface area contributed by atoms with Crippen molar-refractivity contribution in [2.24, 2.45) is 30.7 Å². The average molecular weight is 1240 g/mol. The van der Waals surface area contributed by atoms with Gasteiger partial charge in [0, 0.05) is 28.5 Å². The van der Waals surface area contributed by atoms with Gasteiger partial charge in [-0.15, -0.1) is 30.7 Å². The first-order valence-electron chi connectivity index (χ1n) is 22.0. The predicted octanol–water partition coefficient (Wildman–Crippen LogP) is -0.635. The number of anilines is 2. The Balaban J connectivity index is 0.00000420. The largest absolute Gasteiger partial charge is 1.00 e. The van der Waals surface area contributed by atoms with Crippen LogP contribution >= 0.6 is 0 Å². The number of phenolic OH excluding ortho intramolecular Hbond substituents is 2. The van der Waals surface area contributed by atoms with Gasteiger partial charge in [0.15, 0.2) is 11.5 Å². The van der Waals surface area contributed by atoms with Crippen LogP contribution in [0.15, 0.2) is 166 Å². The molecule has 0 radical (unpaired) electrons. The number of benzene rings is 8. The fourth-order valence-electron chi connectivity index (χ4n) is 7.80. The summed E-state index contributed by atoms with van der Waals surface area (Å²) in [4.78, 5) is 18.5. The molecular formula is C48H34N9Na3O19S4. The minimum Gasteiger partial charge on any atom is -0.744 e. The van der Waals surface area contributed by atoms with Crippen LogP contribution < -0.4 is 114 Å². The van der Waals surface area contributed by atoms with Gasteiger partial charge in [-0.25, -0.2) is 25.3 Å². The van der Waals surface area contributed by atoms with Crippen molar-refractivity contribution in [2.75, 3.05) is 24.7 Å². The van der Waals surface area contributed by atoms with E-state index in [1.165, 1.54) is 87.0 Å². The number of nitro groups is 1. The Bertz CT molecular complexity index is 4540. The van der Waals surface area contributed by atoms with E-state index in [0.29, 0.717) is 41.0 Å². The normalized spacial score (nSPS) is 12.0. The SMILES string of the molecule is COc1cc(-c2ccc(N=Nc3c(S(=O)(=O)[O-])cc4cc(S(=O)(=O)[O-])cc(NS(=O)(=O)c5ccc(C)cc5)c4c3O)c(OC)c2)ccc1N=Nc1c(S(=O)(=O)O)cc2c(N=Nc3ccc([N+](=O)[O-])cc3C(=O)[O-])c(N)ccc2c1O.[Na+].[Na+].[Na+]. The van der Waals surface area contributed by atoms with Crippen LogP contribution in [0, 0.1) is 17.0 Å². The predicted molar refractivity (Wildman–Crippen MR) is 278 cm³/mol. The fourth-order valence-corrected chi connectivity index (χ4v) is 10.7. The zero-order chi connectivity index (χ0) is 58.4. The van der Waals surface area contributed by atoms with Gasteiger partial charge in [-0.3, -0.25) is 19.4 Å². The van der Waals surface area contributed by atoms with E-state index in [4.69, 9.17) is 15.2 Å². The number of nitrogens with two attached hydrogens (primary N) is 1. The number of aromatic carboxylic acids is 1. The molecule has 0 saturated carbocycles. The number of carbonyl (C=O) groups excluding carboxylic acids is 1. The Hall–Kier alpha value is -6.57. The van der Waals surface area contributed by atoms with Gasteiger partial charge in [0.2, 0.25) is 0 Å². The first kappa shape index (κ1) is 67.2. The molecule has 0 aliphatic carbocycles. The summed E-state index contributed by atoms with van der Waals surface area (Å²) in [7, 11) is -18.3. The molecule has 8 aromatic carbocycles. The maximum atomic E-state index is 13.5. The number of rotatable bonds is 17. The number of aryl methyl sites for hydroxylation is 1. The Morgan fingerprint density at radius 1 is 0.602 bits per heavy atom. The van der Waals surface area contributed by atoms with Crippen LogP contribution in [-0.4, -0.2) is 82.7 Å². The van der Waals surface area contributed by atoms with Crippen molar-refractivity contribution in [3.05, 3.63) is 137 Å². The van der Waals surface area contributed by atoms with Gasteiger partial charge in [0.05, 0.1) is 62.2 Å². The van der Waals surface area contributed by atoms with Crippen molar-refractivity contribution in [3.8, 4) is 34.1 Å². The van der Waals surface area contributed by atoms with E-state index in [2.05, 4.69) is 35.4 Å². The van der Waals surface area contributed by atoms with Crippen LogP contribution in [0.4, 0.5) is 51.2 Å². The quantitative estimate of drug-likeness (QED) is 0.0189. The van der Waals surface area contributed by atoms with Crippen LogP contribution in [0.5, 0.6) is 23.0 Å². The summed E-state index contributed by atoms with van der Waals surface area (Å²) < 4.78 is 150. The number of nitrogen functional groups attached to an aromatic ring is 1. The number of nitrogens with one attached hydrogen (secondary N) is 1. The Morgan fingerprint density at radius 3 is 1.64 bits per heavy atom. The van der Waals surface area contributed by atoms with Crippen molar-refractivity contribution < 1.29 is 171 Å². The van der Waals surface area contributed by atoms with Gasteiger partial charge in [-0.1, -0.05) is 29.8 Å². The van der Waals surface area contributed by atoms with Crippen molar-refractivity contribution in [3.63, 3.8) is 0 Å². The maximum Gasteiger partial charge on any atom is 1.00 e. The molecule has 0 saturated heterocycles. The minimum absolute atomic E-state index is 0. The summed E-state index contributed by atoms with van der Waals surface area (Å²) in [5.74, 6) is -3.92. The molecule has 83 heavy (non-hydrogen) atoms. The Labute approximate surface area is 536 Å². The van der Waals surface area contributed by atoms with E-state index in [9.17, 15) is 77.6 Å². The number of nitro benzene ring substituents is 1. The number of azo groups is 3. The summed E-state index contributed by atoms with van der Waals surface area (Å²) in [5, 5.41) is 68.1. The molecule has 0 bridgehead atoms. The van der Waals surface area contributed by atoms with Crippen LogP contribution in [0.25, 0.3) is 32.7 Å². The smallest absolute Gasteiger partial charge is 0.744 e. The molecule has 8 aromatic rings. The molecule has 0 atom stereocenters. The van der Waals surface area contributed by atoms with Crippen molar-refractivity contribution in [1.29, 1.82) is 0 Å². The second-order valence-electron chi connectivity index (χ2n) is 16.7. The summed E-state index contributed by atoms with van der Waals surface area (Å²) in [6.45, 7) is 1.68. The molecule has 0 amide bonds. The van der Waals surface area contributed by atoms with Crippen LogP contribution in [0.2, 0.25) is 0 Å². The van der Waals surface area contributed by atoms with Gasteiger partial charge in [0.1, 0.15) is 65.1 Å². The molecule has 0 unspecified atom stereocenters. The van der Waals surface area contributed by atoms with E-state index in [1.807, 2.05) is 0 Å². The average Bonchev–Trinajstić information content (AvgIpc) is 3.59.